The lowest BCUT2D eigenvalue weighted by Gasteiger charge is -2.27. The number of carbonyl (C=O) groups is 2. The average Bonchev–Trinajstić information content (AvgIpc) is 2.34. The number of nitrogens with one attached hydrogen (secondary N) is 1. The predicted molar refractivity (Wildman–Crippen MR) is 75.7 cm³/mol. The fraction of sp³-hybridized carbons (Fsp3) is 0.467. The largest absolute Gasteiger partial charge is 0.494 e. The first-order chi connectivity index (χ1) is 9.65. The van der Waals surface area contributed by atoms with E-state index in [1.807, 2.05) is 0 Å². The van der Waals surface area contributed by atoms with E-state index in [1.54, 1.807) is 26.8 Å². The van der Waals surface area contributed by atoms with Crippen molar-refractivity contribution in [2.24, 2.45) is 5.41 Å². The Morgan fingerprint density at radius 3 is 2.43 bits per heavy atom. The maximum Gasteiger partial charge on any atom is 0.326 e. The van der Waals surface area contributed by atoms with E-state index >= 15 is 0 Å². The Kier molecular flexibility index (Phi) is 5.29. The van der Waals surface area contributed by atoms with Crippen LogP contribution in [0.2, 0.25) is 0 Å². The number of rotatable bonds is 5. The molecule has 0 aliphatic rings. The number of carboxylic acid groups (broad SMARTS) is 1. The molecule has 0 saturated carbocycles. The summed E-state index contributed by atoms with van der Waals surface area (Å²) in [6, 6.07) is 3.18. The van der Waals surface area contributed by atoms with Crippen LogP contribution in [-0.2, 0) is 16.0 Å². The topological polar surface area (TPSA) is 75.6 Å². The van der Waals surface area contributed by atoms with Gasteiger partial charge in [-0.05, 0) is 23.1 Å². The highest BCUT2D eigenvalue weighted by Crippen LogP contribution is 2.20. The second-order valence-electron chi connectivity index (χ2n) is 5.85. The number of hydrogen-bond acceptors (Lipinski definition) is 3. The molecule has 116 valence electrons. The maximum absolute atomic E-state index is 13.5. The van der Waals surface area contributed by atoms with Crippen LogP contribution in [0.15, 0.2) is 18.2 Å². The van der Waals surface area contributed by atoms with E-state index in [1.165, 1.54) is 19.2 Å². The lowest BCUT2D eigenvalue weighted by atomic mass is 9.86. The third-order valence-electron chi connectivity index (χ3n) is 3.00. The smallest absolute Gasteiger partial charge is 0.326 e. The minimum absolute atomic E-state index is 0.0947. The van der Waals surface area contributed by atoms with Crippen molar-refractivity contribution >= 4 is 11.9 Å². The molecule has 0 bridgehead atoms. The Morgan fingerprint density at radius 1 is 1.38 bits per heavy atom. The summed E-state index contributed by atoms with van der Waals surface area (Å²) < 4.78 is 18.3. The summed E-state index contributed by atoms with van der Waals surface area (Å²) in [5, 5.41) is 11.6. The number of aliphatic carboxylic acids is 1. The highest BCUT2D eigenvalue weighted by atomic mass is 19.1. The highest BCUT2D eigenvalue weighted by molar-refractivity contribution is 5.85. The molecule has 0 radical (unpaired) electrons. The zero-order valence-electron chi connectivity index (χ0n) is 12.6. The minimum Gasteiger partial charge on any atom is -0.494 e. The van der Waals surface area contributed by atoms with Gasteiger partial charge in [-0.1, -0.05) is 26.8 Å². The summed E-state index contributed by atoms with van der Waals surface area (Å²) in [7, 11) is 1.35. The maximum atomic E-state index is 13.5. The average molecular weight is 297 g/mol. The van der Waals surface area contributed by atoms with Crippen molar-refractivity contribution in [2.75, 3.05) is 7.11 Å². The van der Waals surface area contributed by atoms with Gasteiger partial charge in [0.1, 0.15) is 6.04 Å². The lowest BCUT2D eigenvalue weighted by Crippen LogP contribution is -2.49. The van der Waals surface area contributed by atoms with E-state index in [2.05, 4.69) is 5.32 Å². The fourth-order valence-corrected chi connectivity index (χ4v) is 1.87. The molecule has 1 rings (SSSR count). The van der Waals surface area contributed by atoms with E-state index in [9.17, 15) is 14.0 Å². The van der Waals surface area contributed by atoms with Gasteiger partial charge >= 0.3 is 5.97 Å². The Hall–Kier alpha value is -2.11. The van der Waals surface area contributed by atoms with Crippen LogP contribution in [0.1, 0.15) is 26.3 Å². The normalized spacial score (nSPS) is 12.6. The zero-order chi connectivity index (χ0) is 16.2. The molecule has 6 heteroatoms. The SMILES string of the molecule is COc1ccc(CC(=O)N[C@H](C(=O)O)C(C)(C)C)cc1F. The van der Waals surface area contributed by atoms with Crippen molar-refractivity contribution in [3.63, 3.8) is 0 Å². The summed E-state index contributed by atoms with van der Waals surface area (Å²) in [6.45, 7) is 5.16. The second kappa shape index (κ2) is 6.56. The van der Waals surface area contributed by atoms with Gasteiger partial charge in [-0.25, -0.2) is 9.18 Å². The fourth-order valence-electron chi connectivity index (χ4n) is 1.87. The number of amides is 1. The molecule has 1 aromatic carbocycles. The summed E-state index contributed by atoms with van der Waals surface area (Å²) >= 11 is 0. The molecule has 0 aliphatic carbocycles. The van der Waals surface area contributed by atoms with Crippen molar-refractivity contribution in [3.05, 3.63) is 29.6 Å². The molecular formula is C15H20FNO4. The Balaban J connectivity index is 2.77. The number of hydrogen-bond donors (Lipinski definition) is 2. The molecule has 0 heterocycles. The van der Waals surface area contributed by atoms with Crippen LogP contribution in [0.5, 0.6) is 5.75 Å². The van der Waals surface area contributed by atoms with E-state index in [-0.39, 0.29) is 12.2 Å². The molecular weight excluding hydrogens is 277 g/mol. The summed E-state index contributed by atoms with van der Waals surface area (Å²) in [6.07, 6.45) is -0.0965. The van der Waals surface area contributed by atoms with Crippen LogP contribution in [0.25, 0.3) is 0 Å². The van der Waals surface area contributed by atoms with Gasteiger partial charge in [0.15, 0.2) is 11.6 Å². The number of benzene rings is 1. The first kappa shape index (κ1) is 16.9. The molecule has 5 nitrogen and oxygen atoms in total. The van der Waals surface area contributed by atoms with Crippen LogP contribution in [0.3, 0.4) is 0 Å². The molecule has 0 unspecified atom stereocenters. The van der Waals surface area contributed by atoms with Gasteiger partial charge in [0.2, 0.25) is 5.91 Å². The molecule has 0 spiro atoms. The third kappa shape index (κ3) is 4.73. The Labute approximate surface area is 123 Å². The van der Waals surface area contributed by atoms with Crippen molar-refractivity contribution in [1.82, 2.24) is 5.32 Å². The molecule has 1 aromatic rings. The van der Waals surface area contributed by atoms with E-state index in [4.69, 9.17) is 9.84 Å². The predicted octanol–water partition coefficient (Wildman–Crippen LogP) is 1.99. The van der Waals surface area contributed by atoms with Crippen LogP contribution in [0.4, 0.5) is 4.39 Å². The summed E-state index contributed by atoms with van der Waals surface area (Å²) in [4.78, 5) is 23.1. The zero-order valence-corrected chi connectivity index (χ0v) is 12.6. The third-order valence-corrected chi connectivity index (χ3v) is 3.00. The molecule has 1 amide bonds. The quantitative estimate of drug-likeness (QED) is 0.871. The van der Waals surface area contributed by atoms with E-state index < -0.39 is 29.2 Å². The molecule has 0 saturated heterocycles. The number of ether oxygens (including phenoxy) is 1. The Bertz CT molecular complexity index is 537. The van der Waals surface area contributed by atoms with Gasteiger partial charge in [-0.15, -0.1) is 0 Å². The van der Waals surface area contributed by atoms with Gasteiger partial charge in [0, 0.05) is 0 Å². The Morgan fingerprint density at radius 2 is 2.00 bits per heavy atom. The number of halogens is 1. The monoisotopic (exact) mass is 297 g/mol. The lowest BCUT2D eigenvalue weighted by molar-refractivity contribution is -0.144. The van der Waals surface area contributed by atoms with Crippen molar-refractivity contribution in [3.8, 4) is 5.75 Å². The van der Waals surface area contributed by atoms with Crippen LogP contribution < -0.4 is 10.1 Å². The van der Waals surface area contributed by atoms with E-state index in [0.29, 0.717) is 5.56 Å². The van der Waals surface area contributed by atoms with Crippen molar-refractivity contribution in [1.29, 1.82) is 0 Å². The number of methoxy groups -OCH3 is 1. The molecule has 0 fully saturated rings. The van der Waals surface area contributed by atoms with Crippen LogP contribution >= 0.6 is 0 Å². The highest BCUT2D eigenvalue weighted by Gasteiger charge is 2.32. The second-order valence-corrected chi connectivity index (χ2v) is 5.85. The van der Waals surface area contributed by atoms with Crippen LogP contribution in [0, 0.1) is 11.2 Å². The summed E-state index contributed by atoms with van der Waals surface area (Å²) in [5.41, 5.74) is -0.170. The number of carboxylic acids is 1. The molecule has 0 aromatic heterocycles. The van der Waals surface area contributed by atoms with Gasteiger partial charge < -0.3 is 15.2 Å². The number of carbonyl (C=O) groups excluding carboxylic acids is 1. The van der Waals surface area contributed by atoms with Gasteiger partial charge in [0.25, 0.3) is 0 Å². The minimum atomic E-state index is -1.10. The molecule has 21 heavy (non-hydrogen) atoms. The van der Waals surface area contributed by atoms with Crippen molar-refractivity contribution in [2.45, 2.75) is 33.2 Å². The van der Waals surface area contributed by atoms with Gasteiger partial charge in [-0.3, -0.25) is 4.79 Å². The van der Waals surface area contributed by atoms with Gasteiger partial charge in [0.05, 0.1) is 13.5 Å². The molecule has 2 N–H and O–H groups in total. The van der Waals surface area contributed by atoms with E-state index in [0.717, 1.165) is 0 Å². The standard InChI is InChI=1S/C15H20FNO4/c1-15(2,3)13(14(19)20)17-12(18)8-9-5-6-11(21-4)10(16)7-9/h5-7,13H,8H2,1-4H3,(H,17,18)(H,19,20)/t13-/m1/s1. The molecule has 1 atom stereocenters. The first-order valence-electron chi connectivity index (χ1n) is 6.49. The van der Waals surface area contributed by atoms with Crippen molar-refractivity contribution < 1.29 is 23.8 Å². The molecule has 0 aliphatic heterocycles. The summed E-state index contributed by atoms with van der Waals surface area (Å²) in [5.74, 6) is -2.04. The van der Waals surface area contributed by atoms with Gasteiger partial charge in [-0.2, -0.15) is 0 Å². The first-order valence-corrected chi connectivity index (χ1v) is 6.49. The van der Waals surface area contributed by atoms with Crippen LogP contribution in [-0.4, -0.2) is 30.1 Å².